The highest BCUT2D eigenvalue weighted by molar-refractivity contribution is 8.09. The van der Waals surface area contributed by atoms with Crippen molar-refractivity contribution in [1.82, 2.24) is 0 Å². The number of anilines is 1. The third-order valence-electron chi connectivity index (χ3n) is 3.70. The highest BCUT2D eigenvalue weighted by Crippen LogP contribution is 2.49. The number of para-hydroxylation sites is 1. The van der Waals surface area contributed by atoms with Gasteiger partial charge in [-0.15, -0.1) is 0 Å². The molecule has 118 valence electrons. The van der Waals surface area contributed by atoms with Gasteiger partial charge in [0.1, 0.15) is 6.63 Å². The standard InChI is InChI=1S/C18H22Cl2NP/c1-18(2,3)16-12-8-9-14(17(16)22(19)20)13-21(4)15-10-6-5-7-11-15/h5-12H,13H2,1-4H3. The number of nitrogens with zero attached hydrogens (tertiary/aromatic N) is 1. The second-order valence-corrected chi connectivity index (χ2v) is 9.95. The molecule has 0 aliphatic rings. The van der Waals surface area contributed by atoms with Crippen LogP contribution in [0.2, 0.25) is 0 Å². The Morgan fingerprint density at radius 2 is 1.59 bits per heavy atom. The van der Waals surface area contributed by atoms with Crippen molar-refractivity contribution < 1.29 is 0 Å². The molecule has 0 saturated carbocycles. The summed E-state index contributed by atoms with van der Waals surface area (Å²) in [4.78, 5) is 2.22. The van der Waals surface area contributed by atoms with E-state index < -0.39 is 6.63 Å². The predicted octanol–water partition coefficient (Wildman–Crippen LogP) is 6.04. The number of hydrogen-bond acceptors (Lipinski definition) is 1. The highest BCUT2D eigenvalue weighted by Gasteiger charge is 2.24. The Balaban J connectivity index is 2.39. The second-order valence-electron chi connectivity index (χ2n) is 6.49. The monoisotopic (exact) mass is 353 g/mol. The molecule has 0 N–H and O–H groups in total. The van der Waals surface area contributed by atoms with Crippen molar-refractivity contribution in [3.8, 4) is 0 Å². The van der Waals surface area contributed by atoms with Crippen LogP contribution in [-0.4, -0.2) is 7.05 Å². The minimum Gasteiger partial charge on any atom is -0.370 e. The molecule has 0 aromatic heterocycles. The predicted molar refractivity (Wildman–Crippen MR) is 102 cm³/mol. The van der Waals surface area contributed by atoms with E-state index >= 15 is 0 Å². The fourth-order valence-corrected chi connectivity index (χ4v) is 4.71. The summed E-state index contributed by atoms with van der Waals surface area (Å²) in [7, 11) is 2.09. The Kier molecular flexibility index (Phi) is 5.77. The molecule has 0 bridgehead atoms. The van der Waals surface area contributed by atoms with Crippen molar-refractivity contribution in [2.24, 2.45) is 0 Å². The van der Waals surface area contributed by atoms with Crippen LogP contribution in [-0.2, 0) is 12.0 Å². The molecule has 22 heavy (non-hydrogen) atoms. The van der Waals surface area contributed by atoms with Gasteiger partial charge in [0.2, 0.25) is 0 Å². The van der Waals surface area contributed by atoms with Crippen molar-refractivity contribution >= 4 is 40.1 Å². The molecule has 0 amide bonds. The Hall–Kier alpha value is -0.750. The van der Waals surface area contributed by atoms with E-state index in [0.29, 0.717) is 0 Å². The van der Waals surface area contributed by atoms with E-state index in [1.807, 2.05) is 18.2 Å². The molecular formula is C18H22Cl2NP. The maximum Gasteiger partial charge on any atom is 0.117 e. The van der Waals surface area contributed by atoms with Crippen LogP contribution in [0.1, 0.15) is 31.9 Å². The largest absolute Gasteiger partial charge is 0.370 e. The lowest BCUT2D eigenvalue weighted by atomic mass is 9.86. The topological polar surface area (TPSA) is 3.24 Å². The quantitative estimate of drug-likeness (QED) is 0.606. The third-order valence-corrected chi connectivity index (χ3v) is 5.58. The van der Waals surface area contributed by atoms with E-state index in [2.05, 4.69) is 63.1 Å². The number of hydrogen-bond donors (Lipinski definition) is 0. The molecule has 0 fully saturated rings. The lowest BCUT2D eigenvalue weighted by Crippen LogP contribution is -2.26. The van der Waals surface area contributed by atoms with Gasteiger partial charge in [0.25, 0.3) is 0 Å². The molecular weight excluding hydrogens is 332 g/mol. The molecule has 0 spiro atoms. The molecule has 0 radical (unpaired) electrons. The Labute approximate surface area is 144 Å². The van der Waals surface area contributed by atoms with Crippen molar-refractivity contribution in [3.63, 3.8) is 0 Å². The zero-order chi connectivity index (χ0) is 16.3. The highest BCUT2D eigenvalue weighted by atomic mass is 35.9. The van der Waals surface area contributed by atoms with Crippen LogP contribution in [0.3, 0.4) is 0 Å². The molecule has 2 aromatic carbocycles. The fourth-order valence-electron chi connectivity index (χ4n) is 2.55. The van der Waals surface area contributed by atoms with Gasteiger partial charge < -0.3 is 4.90 Å². The first kappa shape index (κ1) is 17.6. The fraction of sp³-hybridized carbons (Fsp3) is 0.333. The second kappa shape index (κ2) is 7.21. The lowest BCUT2D eigenvalue weighted by Gasteiger charge is -2.27. The van der Waals surface area contributed by atoms with Gasteiger partial charge in [-0.2, -0.15) is 0 Å². The van der Waals surface area contributed by atoms with E-state index in [-0.39, 0.29) is 5.41 Å². The molecule has 1 nitrogen and oxygen atoms in total. The first-order valence-electron chi connectivity index (χ1n) is 7.31. The number of halogens is 2. The molecule has 0 unspecified atom stereocenters. The first-order valence-corrected chi connectivity index (χ1v) is 10.5. The molecule has 2 aromatic rings. The van der Waals surface area contributed by atoms with E-state index in [1.165, 1.54) is 16.8 Å². The van der Waals surface area contributed by atoms with Gasteiger partial charge in [-0.3, -0.25) is 0 Å². The van der Waals surface area contributed by atoms with Gasteiger partial charge in [-0.25, -0.2) is 0 Å². The molecule has 0 heterocycles. The molecule has 4 heteroatoms. The van der Waals surface area contributed by atoms with Crippen LogP contribution in [0.4, 0.5) is 5.69 Å². The summed E-state index contributed by atoms with van der Waals surface area (Å²) in [5.74, 6) is 0. The van der Waals surface area contributed by atoms with Gasteiger partial charge in [0, 0.05) is 24.6 Å². The van der Waals surface area contributed by atoms with Gasteiger partial charge in [-0.05, 0) is 28.7 Å². The van der Waals surface area contributed by atoms with Crippen LogP contribution in [0.15, 0.2) is 48.5 Å². The smallest absolute Gasteiger partial charge is 0.117 e. The zero-order valence-electron chi connectivity index (χ0n) is 13.5. The van der Waals surface area contributed by atoms with Crippen molar-refractivity contribution in [3.05, 3.63) is 59.7 Å². The summed E-state index contributed by atoms with van der Waals surface area (Å²) in [6.07, 6.45) is 0. The van der Waals surface area contributed by atoms with Crippen LogP contribution >= 0.6 is 29.1 Å². The average Bonchev–Trinajstić information content (AvgIpc) is 2.46. The minimum atomic E-state index is -1.18. The van der Waals surface area contributed by atoms with Crippen LogP contribution in [0.5, 0.6) is 0 Å². The van der Waals surface area contributed by atoms with Gasteiger partial charge in [-0.1, -0.05) is 79.7 Å². The van der Waals surface area contributed by atoms with E-state index in [1.54, 1.807) is 0 Å². The van der Waals surface area contributed by atoms with Crippen molar-refractivity contribution in [2.75, 3.05) is 11.9 Å². The molecule has 0 aliphatic carbocycles. The molecule has 0 aliphatic heterocycles. The van der Waals surface area contributed by atoms with E-state index in [0.717, 1.165) is 11.8 Å². The summed E-state index contributed by atoms with van der Waals surface area (Å²) in [6.45, 7) is 6.20. The van der Waals surface area contributed by atoms with E-state index in [9.17, 15) is 0 Å². The third kappa shape index (κ3) is 4.16. The summed E-state index contributed by atoms with van der Waals surface area (Å²) in [6, 6.07) is 16.7. The Morgan fingerprint density at radius 1 is 0.955 bits per heavy atom. The van der Waals surface area contributed by atoms with Crippen LogP contribution in [0, 0.1) is 0 Å². The minimum absolute atomic E-state index is 0.0288. The van der Waals surface area contributed by atoms with Gasteiger partial charge in [0.15, 0.2) is 0 Å². The summed E-state index contributed by atoms with van der Waals surface area (Å²) < 4.78 is 0. The molecule has 2 rings (SSSR count). The number of benzene rings is 2. The SMILES string of the molecule is CN(Cc1cccc(C(C)(C)C)c1P(Cl)Cl)c1ccccc1. The van der Waals surface area contributed by atoms with Gasteiger partial charge in [0.05, 0.1) is 0 Å². The molecule has 0 atom stereocenters. The normalized spacial score (nSPS) is 11.8. The van der Waals surface area contributed by atoms with Gasteiger partial charge >= 0.3 is 0 Å². The van der Waals surface area contributed by atoms with Crippen molar-refractivity contribution in [2.45, 2.75) is 32.7 Å². The summed E-state index contributed by atoms with van der Waals surface area (Å²) in [5, 5.41) is 1.11. The zero-order valence-corrected chi connectivity index (χ0v) is 15.9. The maximum atomic E-state index is 6.36. The van der Waals surface area contributed by atoms with Crippen LogP contribution in [0.25, 0.3) is 0 Å². The van der Waals surface area contributed by atoms with E-state index in [4.69, 9.17) is 22.5 Å². The Bertz CT molecular complexity index is 621. The summed E-state index contributed by atoms with van der Waals surface area (Å²) >= 11 is 12.7. The van der Waals surface area contributed by atoms with Crippen LogP contribution < -0.4 is 10.2 Å². The molecule has 0 saturated heterocycles. The maximum absolute atomic E-state index is 6.36. The number of rotatable bonds is 4. The summed E-state index contributed by atoms with van der Waals surface area (Å²) in [5.41, 5.74) is 3.65. The van der Waals surface area contributed by atoms with Crippen molar-refractivity contribution in [1.29, 1.82) is 0 Å². The Morgan fingerprint density at radius 3 is 2.14 bits per heavy atom. The first-order chi connectivity index (χ1) is 10.3. The average molecular weight is 354 g/mol. The lowest BCUT2D eigenvalue weighted by molar-refractivity contribution is 0.593.